The molecule has 0 radical (unpaired) electrons. The molecule has 1 aliphatic carbocycles. The fraction of sp³-hybridized carbons (Fsp3) is 0.571. The molecule has 2 N–H and O–H groups in total. The van der Waals surface area contributed by atoms with Crippen molar-refractivity contribution in [3.63, 3.8) is 0 Å². The van der Waals surface area contributed by atoms with Crippen LogP contribution in [0.15, 0.2) is 18.2 Å². The van der Waals surface area contributed by atoms with E-state index >= 15 is 0 Å². The maximum Gasteiger partial charge on any atom is 0.248 e. The SMILES string of the molecule is COc1cc(Cl)ccc1C1(CN)CCC(F)(F)CC1. The van der Waals surface area contributed by atoms with Gasteiger partial charge in [-0.25, -0.2) is 8.78 Å². The first-order chi connectivity index (χ1) is 8.92. The van der Waals surface area contributed by atoms with Crippen molar-refractivity contribution in [1.29, 1.82) is 0 Å². The van der Waals surface area contributed by atoms with Gasteiger partial charge in [0.1, 0.15) is 5.75 Å². The van der Waals surface area contributed by atoms with Crippen LogP contribution in [0.5, 0.6) is 5.75 Å². The second-order valence-electron chi connectivity index (χ2n) is 5.19. The van der Waals surface area contributed by atoms with Gasteiger partial charge >= 0.3 is 0 Å². The number of hydrogen-bond acceptors (Lipinski definition) is 2. The van der Waals surface area contributed by atoms with Crippen molar-refractivity contribution >= 4 is 11.6 Å². The average Bonchev–Trinajstić information content (AvgIpc) is 2.40. The number of benzene rings is 1. The molecule has 0 bridgehead atoms. The zero-order chi connectivity index (χ0) is 14.1. The molecule has 0 spiro atoms. The van der Waals surface area contributed by atoms with Gasteiger partial charge in [-0.3, -0.25) is 0 Å². The van der Waals surface area contributed by atoms with Crippen molar-refractivity contribution < 1.29 is 13.5 Å². The molecule has 2 rings (SSSR count). The Morgan fingerprint density at radius 2 is 1.89 bits per heavy atom. The van der Waals surface area contributed by atoms with E-state index in [1.54, 1.807) is 19.2 Å². The van der Waals surface area contributed by atoms with Crippen LogP contribution in [0.4, 0.5) is 8.78 Å². The van der Waals surface area contributed by atoms with Crippen molar-refractivity contribution in [3.8, 4) is 5.75 Å². The second-order valence-corrected chi connectivity index (χ2v) is 5.62. The van der Waals surface area contributed by atoms with Gasteiger partial charge < -0.3 is 10.5 Å². The standard InChI is InChI=1S/C14H18ClF2NO/c1-19-12-8-10(15)2-3-11(12)13(9-18)4-6-14(16,17)7-5-13/h2-3,8H,4-7,9,18H2,1H3. The van der Waals surface area contributed by atoms with Crippen LogP contribution in [-0.2, 0) is 5.41 Å². The first-order valence-corrected chi connectivity index (χ1v) is 6.72. The monoisotopic (exact) mass is 289 g/mol. The molecule has 0 saturated heterocycles. The molecule has 19 heavy (non-hydrogen) atoms. The minimum Gasteiger partial charge on any atom is -0.496 e. The molecule has 0 heterocycles. The highest BCUT2D eigenvalue weighted by Gasteiger charge is 2.44. The third-order valence-corrected chi connectivity index (χ3v) is 4.30. The fourth-order valence-electron chi connectivity index (χ4n) is 2.78. The zero-order valence-electron chi connectivity index (χ0n) is 10.9. The number of hydrogen-bond donors (Lipinski definition) is 1. The quantitative estimate of drug-likeness (QED) is 0.920. The summed E-state index contributed by atoms with van der Waals surface area (Å²) in [5.41, 5.74) is 6.34. The summed E-state index contributed by atoms with van der Waals surface area (Å²) in [6.07, 6.45) is 0.481. The molecule has 0 amide bonds. The van der Waals surface area contributed by atoms with Crippen LogP contribution in [0.2, 0.25) is 5.02 Å². The summed E-state index contributed by atoms with van der Waals surface area (Å²) in [6, 6.07) is 5.31. The Morgan fingerprint density at radius 1 is 1.26 bits per heavy atom. The van der Waals surface area contributed by atoms with Gasteiger partial charge in [0, 0.05) is 35.4 Å². The van der Waals surface area contributed by atoms with E-state index in [2.05, 4.69) is 0 Å². The molecule has 1 aromatic rings. The molecule has 1 fully saturated rings. The van der Waals surface area contributed by atoms with Crippen LogP contribution in [0.3, 0.4) is 0 Å². The molecule has 1 saturated carbocycles. The van der Waals surface area contributed by atoms with Crippen LogP contribution >= 0.6 is 11.6 Å². The number of halogens is 3. The third kappa shape index (κ3) is 2.84. The molecule has 2 nitrogen and oxygen atoms in total. The van der Waals surface area contributed by atoms with E-state index in [0.29, 0.717) is 30.2 Å². The van der Waals surface area contributed by atoms with Crippen LogP contribution in [0.1, 0.15) is 31.2 Å². The summed E-state index contributed by atoms with van der Waals surface area (Å²) in [5.74, 6) is -1.94. The largest absolute Gasteiger partial charge is 0.496 e. The number of ether oxygens (including phenoxy) is 1. The van der Waals surface area contributed by atoms with Gasteiger partial charge in [0.25, 0.3) is 0 Å². The van der Waals surface area contributed by atoms with Gasteiger partial charge in [-0.05, 0) is 25.0 Å². The molecule has 0 aromatic heterocycles. The van der Waals surface area contributed by atoms with Crippen LogP contribution < -0.4 is 10.5 Å². The Hall–Kier alpha value is -0.870. The highest BCUT2D eigenvalue weighted by molar-refractivity contribution is 6.30. The van der Waals surface area contributed by atoms with E-state index in [-0.39, 0.29) is 12.8 Å². The predicted molar refractivity (Wildman–Crippen MR) is 72.2 cm³/mol. The van der Waals surface area contributed by atoms with Crippen LogP contribution in [0.25, 0.3) is 0 Å². The lowest BCUT2D eigenvalue weighted by Gasteiger charge is -2.40. The molecule has 5 heteroatoms. The molecule has 1 aliphatic rings. The van der Waals surface area contributed by atoms with E-state index in [0.717, 1.165) is 5.56 Å². The van der Waals surface area contributed by atoms with Gasteiger partial charge in [-0.15, -0.1) is 0 Å². The molecule has 0 unspecified atom stereocenters. The normalized spacial score (nSPS) is 21.1. The summed E-state index contributed by atoms with van der Waals surface area (Å²) in [7, 11) is 1.55. The van der Waals surface area contributed by atoms with Crippen LogP contribution in [-0.4, -0.2) is 19.6 Å². The van der Waals surface area contributed by atoms with E-state index in [1.165, 1.54) is 0 Å². The maximum absolute atomic E-state index is 13.4. The number of alkyl halides is 2. The molecule has 106 valence electrons. The fourth-order valence-corrected chi connectivity index (χ4v) is 2.94. The molecule has 1 aromatic carbocycles. The number of rotatable bonds is 3. The van der Waals surface area contributed by atoms with Gasteiger partial charge in [0.05, 0.1) is 7.11 Å². The summed E-state index contributed by atoms with van der Waals surface area (Å²) in [4.78, 5) is 0. The Morgan fingerprint density at radius 3 is 2.42 bits per heavy atom. The Bertz CT molecular complexity index is 455. The van der Waals surface area contributed by atoms with E-state index in [4.69, 9.17) is 22.1 Å². The predicted octanol–water partition coefficient (Wildman–Crippen LogP) is 3.75. The van der Waals surface area contributed by atoms with E-state index in [1.807, 2.05) is 6.07 Å². The third-order valence-electron chi connectivity index (χ3n) is 4.06. The van der Waals surface area contributed by atoms with Crippen molar-refractivity contribution in [2.45, 2.75) is 37.0 Å². The van der Waals surface area contributed by atoms with Gasteiger partial charge in [0.2, 0.25) is 5.92 Å². The molecule has 0 atom stereocenters. The van der Waals surface area contributed by atoms with Crippen LogP contribution in [0, 0.1) is 0 Å². The van der Waals surface area contributed by atoms with Crippen molar-refractivity contribution in [1.82, 2.24) is 0 Å². The highest BCUT2D eigenvalue weighted by Crippen LogP contribution is 2.47. The van der Waals surface area contributed by atoms with Gasteiger partial charge in [-0.2, -0.15) is 0 Å². The summed E-state index contributed by atoms with van der Waals surface area (Å²) >= 11 is 5.94. The van der Waals surface area contributed by atoms with Crippen molar-refractivity contribution in [2.75, 3.05) is 13.7 Å². The number of nitrogens with two attached hydrogens (primary N) is 1. The Balaban J connectivity index is 2.37. The smallest absolute Gasteiger partial charge is 0.248 e. The van der Waals surface area contributed by atoms with Crippen molar-refractivity contribution in [3.05, 3.63) is 28.8 Å². The molecule has 0 aliphatic heterocycles. The van der Waals surface area contributed by atoms with Gasteiger partial charge in [0.15, 0.2) is 0 Å². The van der Waals surface area contributed by atoms with E-state index < -0.39 is 11.3 Å². The highest BCUT2D eigenvalue weighted by atomic mass is 35.5. The van der Waals surface area contributed by atoms with E-state index in [9.17, 15) is 8.78 Å². The second kappa shape index (κ2) is 5.25. The first-order valence-electron chi connectivity index (χ1n) is 6.34. The lowest BCUT2D eigenvalue weighted by Crippen LogP contribution is -2.42. The maximum atomic E-state index is 13.4. The first kappa shape index (κ1) is 14.5. The minimum absolute atomic E-state index is 0.129. The van der Waals surface area contributed by atoms with Gasteiger partial charge in [-0.1, -0.05) is 17.7 Å². The Kier molecular flexibility index (Phi) is 4.02. The lowest BCUT2D eigenvalue weighted by atomic mass is 9.68. The molecular weight excluding hydrogens is 272 g/mol. The van der Waals surface area contributed by atoms with Crippen molar-refractivity contribution in [2.24, 2.45) is 5.73 Å². The summed E-state index contributed by atoms with van der Waals surface area (Å²) in [5, 5.41) is 0.564. The average molecular weight is 290 g/mol. The summed E-state index contributed by atoms with van der Waals surface area (Å²) < 4.78 is 32.0. The lowest BCUT2D eigenvalue weighted by molar-refractivity contribution is -0.0511. The molecular formula is C14H18ClF2NO. The Labute approximate surface area is 116 Å². The summed E-state index contributed by atoms with van der Waals surface area (Å²) in [6.45, 7) is 0.334. The zero-order valence-corrected chi connectivity index (χ0v) is 11.6. The minimum atomic E-state index is -2.57. The topological polar surface area (TPSA) is 35.2 Å². The number of methoxy groups -OCH3 is 1.